The van der Waals surface area contributed by atoms with Gasteiger partial charge in [-0.2, -0.15) is 0 Å². The number of nitrogens with zero attached hydrogens (tertiary/aromatic N) is 1. The van der Waals surface area contributed by atoms with Crippen LogP contribution in [0.15, 0.2) is 28.0 Å². The molecule has 24 heavy (non-hydrogen) atoms. The minimum atomic E-state index is -3.11. The van der Waals surface area contributed by atoms with Gasteiger partial charge in [0.1, 0.15) is 11.5 Å². The molecule has 0 aliphatic carbocycles. The van der Waals surface area contributed by atoms with Crippen LogP contribution in [0.3, 0.4) is 0 Å². The van der Waals surface area contributed by atoms with Crippen LogP contribution >= 0.6 is 0 Å². The van der Waals surface area contributed by atoms with Crippen LogP contribution in [0, 0.1) is 5.92 Å². The quantitative estimate of drug-likeness (QED) is 0.835. The van der Waals surface area contributed by atoms with Crippen LogP contribution in [0.2, 0.25) is 0 Å². The molecule has 0 saturated carbocycles. The second-order valence-electron chi connectivity index (χ2n) is 6.73. The summed E-state index contributed by atoms with van der Waals surface area (Å²) >= 11 is 0. The van der Waals surface area contributed by atoms with Crippen molar-refractivity contribution < 1.29 is 17.6 Å². The lowest BCUT2D eigenvalue weighted by Crippen LogP contribution is -2.35. The van der Waals surface area contributed by atoms with Gasteiger partial charge in [-0.3, -0.25) is 4.79 Å². The third kappa shape index (κ3) is 3.91. The Labute approximate surface area is 143 Å². The summed E-state index contributed by atoms with van der Waals surface area (Å²) in [6.07, 6.45) is 6.83. The first-order valence-electron chi connectivity index (χ1n) is 8.77. The highest BCUT2D eigenvalue weighted by Gasteiger charge is 2.32. The fraction of sp³-hybridized carbons (Fsp3) is 0.611. The molecule has 2 aliphatic heterocycles. The molecule has 6 heteroatoms. The molecule has 0 aromatic carbocycles. The molecule has 1 amide bonds. The van der Waals surface area contributed by atoms with Gasteiger partial charge in [-0.1, -0.05) is 25.8 Å². The van der Waals surface area contributed by atoms with E-state index in [0.29, 0.717) is 0 Å². The standard InChI is InChI=1S/C18H25NO4S/c1-2-15-7-8-17(23-15)16-6-4-3-5-10-19(16)18(20)12-14-9-11-24(21,22)13-14/h7-9,11,14,16H,2-6,10,12-13H2,1H3. The summed E-state index contributed by atoms with van der Waals surface area (Å²) in [5.41, 5.74) is 0. The summed E-state index contributed by atoms with van der Waals surface area (Å²) < 4.78 is 29.0. The number of furan rings is 1. The minimum Gasteiger partial charge on any atom is -0.464 e. The Morgan fingerprint density at radius 1 is 1.29 bits per heavy atom. The Balaban J connectivity index is 1.74. The number of hydrogen-bond donors (Lipinski definition) is 0. The summed E-state index contributed by atoms with van der Waals surface area (Å²) in [6.45, 7) is 2.76. The molecule has 1 saturated heterocycles. The maximum Gasteiger partial charge on any atom is 0.223 e. The van der Waals surface area contributed by atoms with Crippen LogP contribution in [0.4, 0.5) is 0 Å². The Hall–Kier alpha value is -1.56. The lowest BCUT2D eigenvalue weighted by atomic mass is 10.0. The smallest absolute Gasteiger partial charge is 0.223 e. The summed E-state index contributed by atoms with van der Waals surface area (Å²) in [4.78, 5) is 14.7. The molecule has 0 spiro atoms. The van der Waals surface area contributed by atoms with E-state index in [9.17, 15) is 13.2 Å². The van der Waals surface area contributed by atoms with E-state index in [1.165, 1.54) is 5.41 Å². The summed E-state index contributed by atoms with van der Waals surface area (Å²) in [7, 11) is -3.11. The Kier molecular flexibility index (Phi) is 5.13. The van der Waals surface area contributed by atoms with E-state index in [1.54, 1.807) is 6.08 Å². The van der Waals surface area contributed by atoms with E-state index in [-0.39, 0.29) is 30.0 Å². The van der Waals surface area contributed by atoms with Crippen molar-refractivity contribution in [2.24, 2.45) is 5.92 Å². The number of rotatable bonds is 4. The predicted molar refractivity (Wildman–Crippen MR) is 92.0 cm³/mol. The Bertz CT molecular complexity index is 719. The number of sulfone groups is 1. The fourth-order valence-corrected chi connectivity index (χ4v) is 4.97. The number of aryl methyl sites for hydroxylation is 1. The van der Waals surface area contributed by atoms with Gasteiger partial charge in [-0.25, -0.2) is 8.42 Å². The molecule has 0 bridgehead atoms. The topological polar surface area (TPSA) is 67.6 Å². The zero-order chi connectivity index (χ0) is 17.2. The number of allylic oxidation sites excluding steroid dienone is 1. The van der Waals surface area contributed by atoms with Crippen LogP contribution in [-0.2, 0) is 21.1 Å². The van der Waals surface area contributed by atoms with Gasteiger partial charge >= 0.3 is 0 Å². The monoisotopic (exact) mass is 351 g/mol. The number of amides is 1. The average molecular weight is 351 g/mol. The van der Waals surface area contributed by atoms with Gasteiger partial charge in [0.2, 0.25) is 5.91 Å². The SMILES string of the molecule is CCc1ccc(C2CCCCCN2C(=O)CC2C=CS(=O)(=O)C2)o1. The largest absolute Gasteiger partial charge is 0.464 e. The van der Waals surface area contributed by atoms with Crippen molar-refractivity contribution in [2.45, 2.75) is 51.5 Å². The zero-order valence-corrected chi connectivity index (χ0v) is 14.9. The van der Waals surface area contributed by atoms with Gasteiger partial charge in [0.25, 0.3) is 0 Å². The number of likely N-dealkylation sites (tertiary alicyclic amines) is 1. The second-order valence-corrected chi connectivity index (χ2v) is 8.66. The number of hydrogen-bond acceptors (Lipinski definition) is 4. The number of carbonyl (C=O) groups excluding carboxylic acids is 1. The first-order valence-corrected chi connectivity index (χ1v) is 10.5. The first-order chi connectivity index (χ1) is 11.5. The van der Waals surface area contributed by atoms with Gasteiger partial charge < -0.3 is 9.32 Å². The average Bonchev–Trinajstić information content (AvgIpc) is 3.06. The summed E-state index contributed by atoms with van der Waals surface area (Å²) in [5.74, 6) is 1.68. The fourth-order valence-electron chi connectivity index (χ4n) is 3.58. The van der Waals surface area contributed by atoms with Crippen molar-refractivity contribution in [3.8, 4) is 0 Å². The molecule has 1 fully saturated rings. The van der Waals surface area contributed by atoms with E-state index in [0.717, 1.165) is 50.2 Å². The van der Waals surface area contributed by atoms with E-state index in [1.807, 2.05) is 24.0 Å². The van der Waals surface area contributed by atoms with E-state index in [4.69, 9.17) is 4.42 Å². The highest BCUT2D eigenvalue weighted by atomic mass is 32.2. The molecule has 1 aromatic heterocycles. The Morgan fingerprint density at radius 2 is 2.12 bits per heavy atom. The number of carbonyl (C=O) groups is 1. The van der Waals surface area contributed by atoms with Gasteiger partial charge in [0.05, 0.1) is 11.8 Å². The van der Waals surface area contributed by atoms with E-state index >= 15 is 0 Å². The molecular formula is C18H25NO4S. The highest BCUT2D eigenvalue weighted by Crippen LogP contribution is 2.33. The predicted octanol–water partition coefficient (Wildman–Crippen LogP) is 3.23. The molecule has 2 unspecified atom stereocenters. The molecule has 3 rings (SSSR count). The van der Waals surface area contributed by atoms with Crippen molar-refractivity contribution in [3.63, 3.8) is 0 Å². The second kappa shape index (κ2) is 7.13. The lowest BCUT2D eigenvalue weighted by Gasteiger charge is -2.29. The van der Waals surface area contributed by atoms with Gasteiger partial charge in [0.15, 0.2) is 9.84 Å². The molecular weight excluding hydrogens is 326 g/mol. The maximum absolute atomic E-state index is 12.8. The molecule has 0 N–H and O–H groups in total. The third-order valence-corrected chi connectivity index (χ3v) is 6.34. The van der Waals surface area contributed by atoms with Crippen LogP contribution in [0.1, 0.15) is 56.6 Å². The third-order valence-electron chi connectivity index (χ3n) is 4.87. The van der Waals surface area contributed by atoms with Crippen molar-refractivity contribution in [2.75, 3.05) is 12.3 Å². The van der Waals surface area contributed by atoms with Gasteiger partial charge in [-0.15, -0.1) is 0 Å². The molecule has 132 valence electrons. The zero-order valence-electron chi connectivity index (χ0n) is 14.1. The molecule has 2 atom stereocenters. The Morgan fingerprint density at radius 3 is 2.79 bits per heavy atom. The lowest BCUT2D eigenvalue weighted by molar-refractivity contribution is -0.134. The maximum atomic E-state index is 12.8. The van der Waals surface area contributed by atoms with Gasteiger partial charge in [0, 0.05) is 30.7 Å². The van der Waals surface area contributed by atoms with E-state index in [2.05, 4.69) is 0 Å². The first kappa shape index (κ1) is 17.3. The summed E-state index contributed by atoms with van der Waals surface area (Å²) in [5, 5.41) is 1.24. The van der Waals surface area contributed by atoms with Crippen LogP contribution in [0.5, 0.6) is 0 Å². The normalized spacial score (nSPS) is 26.5. The minimum absolute atomic E-state index is 0.0257. The molecule has 1 aromatic rings. The van der Waals surface area contributed by atoms with Crippen molar-refractivity contribution >= 4 is 15.7 Å². The van der Waals surface area contributed by atoms with Crippen molar-refractivity contribution in [3.05, 3.63) is 35.1 Å². The van der Waals surface area contributed by atoms with Crippen LogP contribution < -0.4 is 0 Å². The molecule has 5 nitrogen and oxygen atoms in total. The highest BCUT2D eigenvalue weighted by molar-refractivity contribution is 7.94. The van der Waals surface area contributed by atoms with Crippen molar-refractivity contribution in [1.82, 2.24) is 4.90 Å². The van der Waals surface area contributed by atoms with Crippen molar-refractivity contribution in [1.29, 1.82) is 0 Å². The molecule has 2 aliphatic rings. The van der Waals surface area contributed by atoms with Crippen LogP contribution in [-0.4, -0.2) is 31.5 Å². The molecule has 3 heterocycles. The summed E-state index contributed by atoms with van der Waals surface area (Å²) in [6, 6.07) is 3.94. The van der Waals surface area contributed by atoms with E-state index < -0.39 is 9.84 Å². The van der Waals surface area contributed by atoms with Crippen LogP contribution in [0.25, 0.3) is 0 Å². The van der Waals surface area contributed by atoms with Gasteiger partial charge in [-0.05, 0) is 25.0 Å². The molecule has 0 radical (unpaired) electrons.